The van der Waals surface area contributed by atoms with Crippen LogP contribution in [0.4, 0.5) is 0 Å². The number of rotatable bonds is 3. The third-order valence-corrected chi connectivity index (χ3v) is 3.43. The van der Waals surface area contributed by atoms with Crippen LogP contribution in [-0.4, -0.2) is 15.2 Å². The predicted octanol–water partition coefficient (Wildman–Crippen LogP) is 3.76. The molecule has 0 N–H and O–H groups in total. The van der Waals surface area contributed by atoms with E-state index >= 15 is 0 Å². The van der Waals surface area contributed by atoms with Gasteiger partial charge in [-0.1, -0.05) is 35.9 Å². The van der Waals surface area contributed by atoms with E-state index in [2.05, 4.69) is 11.1 Å². The van der Waals surface area contributed by atoms with Crippen molar-refractivity contribution in [3.8, 4) is 6.07 Å². The van der Waals surface area contributed by atoms with Gasteiger partial charge in [-0.25, -0.2) is 4.98 Å². The number of aromatic nitrogens is 2. The van der Waals surface area contributed by atoms with Gasteiger partial charge < -0.3 is 0 Å². The van der Waals surface area contributed by atoms with Crippen LogP contribution in [0.3, 0.4) is 0 Å². The molecule has 1 aromatic carbocycles. The topological polar surface area (TPSA) is 58.2 Å². The number of benzene rings is 1. The molecular formula is C17H10ClN3O. The van der Waals surface area contributed by atoms with Gasteiger partial charge in [0, 0.05) is 6.20 Å². The Morgan fingerprint density at radius 2 is 2.14 bits per heavy atom. The maximum Gasteiger partial charge on any atom is 0.205 e. The summed E-state index contributed by atoms with van der Waals surface area (Å²) < 4.78 is 1.65. The van der Waals surface area contributed by atoms with E-state index < -0.39 is 0 Å². The summed E-state index contributed by atoms with van der Waals surface area (Å²) in [7, 11) is 0. The average molecular weight is 308 g/mol. The van der Waals surface area contributed by atoms with Crippen LogP contribution in [0.15, 0.2) is 54.7 Å². The molecule has 0 fully saturated rings. The van der Waals surface area contributed by atoms with Gasteiger partial charge in [0.15, 0.2) is 5.15 Å². The zero-order valence-corrected chi connectivity index (χ0v) is 12.2. The largest absolute Gasteiger partial charge is 0.295 e. The minimum absolute atomic E-state index is 0.173. The number of halogens is 1. The molecule has 0 aliphatic carbocycles. The molecule has 22 heavy (non-hydrogen) atoms. The number of nitriles is 1. The molecule has 0 radical (unpaired) electrons. The number of hydrogen-bond donors (Lipinski definition) is 0. The van der Waals surface area contributed by atoms with E-state index in [4.69, 9.17) is 16.9 Å². The Balaban J connectivity index is 1.95. The lowest BCUT2D eigenvalue weighted by Gasteiger charge is -1.98. The maximum atomic E-state index is 12.4. The number of fused-ring (bicyclic) bond motifs is 1. The van der Waals surface area contributed by atoms with Crippen molar-refractivity contribution in [2.75, 3.05) is 0 Å². The predicted molar refractivity (Wildman–Crippen MR) is 84.7 cm³/mol. The number of carbonyl (C=O) groups excluding carboxylic acids is 1. The number of allylic oxidation sites excluding steroid dienone is 1. The van der Waals surface area contributed by atoms with Gasteiger partial charge in [0.05, 0.1) is 11.6 Å². The molecule has 4 nitrogen and oxygen atoms in total. The van der Waals surface area contributed by atoms with Crippen LogP contribution in [0.5, 0.6) is 0 Å². The first-order valence-corrected chi connectivity index (χ1v) is 6.92. The molecule has 0 saturated heterocycles. The van der Waals surface area contributed by atoms with Gasteiger partial charge in [-0.05, 0) is 35.9 Å². The molecule has 2 aromatic heterocycles. The minimum Gasteiger partial charge on any atom is -0.295 e. The summed E-state index contributed by atoms with van der Waals surface area (Å²) in [6, 6.07) is 14.5. The molecule has 0 saturated carbocycles. The van der Waals surface area contributed by atoms with Crippen molar-refractivity contribution in [2.24, 2.45) is 0 Å². The van der Waals surface area contributed by atoms with Crippen molar-refractivity contribution in [1.29, 1.82) is 5.26 Å². The van der Waals surface area contributed by atoms with Gasteiger partial charge in [-0.3, -0.25) is 9.20 Å². The molecule has 2 heterocycles. The fourth-order valence-electron chi connectivity index (χ4n) is 2.15. The summed E-state index contributed by atoms with van der Waals surface area (Å²) in [4.78, 5) is 16.5. The van der Waals surface area contributed by atoms with Gasteiger partial charge in [-0.2, -0.15) is 5.26 Å². The van der Waals surface area contributed by atoms with E-state index in [1.165, 1.54) is 6.08 Å². The highest BCUT2D eigenvalue weighted by atomic mass is 35.5. The summed E-state index contributed by atoms with van der Waals surface area (Å²) in [5, 5.41) is 9.05. The van der Waals surface area contributed by atoms with E-state index in [-0.39, 0.29) is 10.9 Å². The lowest BCUT2D eigenvalue weighted by molar-refractivity contribution is 0.104. The maximum absolute atomic E-state index is 12.4. The normalized spacial score (nSPS) is 10.9. The number of pyridine rings is 1. The van der Waals surface area contributed by atoms with Crippen LogP contribution in [-0.2, 0) is 0 Å². The quantitative estimate of drug-likeness (QED) is 0.547. The van der Waals surface area contributed by atoms with Crippen molar-refractivity contribution >= 4 is 29.1 Å². The Bertz CT molecular complexity index is 934. The molecule has 0 bridgehead atoms. The SMILES string of the molecule is N#Cc1cccc(/C=C/C(=O)c2c(Cl)nc3ccccn23)c1. The number of ketones is 1. The Kier molecular flexibility index (Phi) is 3.73. The van der Waals surface area contributed by atoms with Crippen LogP contribution in [0.2, 0.25) is 5.15 Å². The Hall–Kier alpha value is -2.90. The summed E-state index contributed by atoms with van der Waals surface area (Å²) in [6.07, 6.45) is 4.83. The third kappa shape index (κ3) is 2.62. The lowest BCUT2D eigenvalue weighted by Crippen LogP contribution is -2.00. The summed E-state index contributed by atoms with van der Waals surface area (Å²) in [5.41, 5.74) is 2.26. The van der Waals surface area contributed by atoms with E-state index in [9.17, 15) is 4.79 Å². The molecule has 3 rings (SSSR count). The Morgan fingerprint density at radius 1 is 1.27 bits per heavy atom. The van der Waals surface area contributed by atoms with Gasteiger partial charge in [0.25, 0.3) is 0 Å². The molecule has 106 valence electrons. The summed E-state index contributed by atoms with van der Waals surface area (Å²) in [5.74, 6) is -0.244. The second kappa shape index (κ2) is 5.84. The lowest BCUT2D eigenvalue weighted by atomic mass is 10.1. The van der Waals surface area contributed by atoms with E-state index in [0.717, 1.165) is 5.56 Å². The zero-order valence-electron chi connectivity index (χ0n) is 11.4. The third-order valence-electron chi connectivity index (χ3n) is 3.16. The monoisotopic (exact) mass is 307 g/mol. The van der Waals surface area contributed by atoms with Crippen LogP contribution in [0, 0.1) is 11.3 Å². The first-order chi connectivity index (χ1) is 10.7. The van der Waals surface area contributed by atoms with Crippen molar-refractivity contribution in [2.45, 2.75) is 0 Å². The van der Waals surface area contributed by atoms with Crippen molar-refractivity contribution in [3.63, 3.8) is 0 Å². The van der Waals surface area contributed by atoms with Crippen LogP contribution >= 0.6 is 11.6 Å². The molecule has 0 unspecified atom stereocenters. The molecule has 3 aromatic rings. The fourth-order valence-corrected chi connectivity index (χ4v) is 2.42. The van der Waals surface area contributed by atoms with Gasteiger partial charge >= 0.3 is 0 Å². The highest BCUT2D eigenvalue weighted by Gasteiger charge is 2.15. The molecule has 0 atom stereocenters. The molecule has 0 aliphatic heterocycles. The Labute approximate surface area is 131 Å². The van der Waals surface area contributed by atoms with Crippen LogP contribution < -0.4 is 0 Å². The zero-order chi connectivity index (χ0) is 15.5. The Morgan fingerprint density at radius 3 is 2.95 bits per heavy atom. The average Bonchev–Trinajstić information content (AvgIpc) is 2.88. The molecule has 5 heteroatoms. The van der Waals surface area contributed by atoms with Crippen molar-refractivity contribution in [3.05, 3.63) is 76.7 Å². The molecule has 0 aliphatic rings. The number of hydrogen-bond acceptors (Lipinski definition) is 3. The van der Waals surface area contributed by atoms with Crippen LogP contribution in [0.1, 0.15) is 21.6 Å². The summed E-state index contributed by atoms with van der Waals surface area (Å²) in [6.45, 7) is 0. The van der Waals surface area contributed by atoms with Gasteiger partial charge in [0.1, 0.15) is 11.3 Å². The van der Waals surface area contributed by atoms with Crippen molar-refractivity contribution in [1.82, 2.24) is 9.38 Å². The highest BCUT2D eigenvalue weighted by molar-refractivity contribution is 6.33. The fraction of sp³-hybridized carbons (Fsp3) is 0. The molecule has 0 spiro atoms. The van der Waals surface area contributed by atoms with Gasteiger partial charge in [0.2, 0.25) is 5.78 Å². The first kappa shape index (κ1) is 14.1. The van der Waals surface area contributed by atoms with Crippen molar-refractivity contribution < 1.29 is 4.79 Å². The van der Waals surface area contributed by atoms with E-state index in [1.54, 1.807) is 40.9 Å². The van der Waals surface area contributed by atoms with E-state index in [1.807, 2.05) is 18.2 Å². The standard InChI is InChI=1S/C17H10ClN3O/c18-17-16(21-9-2-1-6-15(21)20-17)14(22)8-7-12-4-3-5-13(10-12)11-19/h1-10H/b8-7+. The number of carbonyl (C=O) groups is 1. The summed E-state index contributed by atoms with van der Waals surface area (Å²) >= 11 is 6.06. The van der Waals surface area contributed by atoms with E-state index in [0.29, 0.717) is 16.9 Å². The number of nitrogens with zero attached hydrogens (tertiary/aromatic N) is 3. The first-order valence-electron chi connectivity index (χ1n) is 6.54. The van der Waals surface area contributed by atoms with Crippen LogP contribution in [0.25, 0.3) is 11.7 Å². The number of imidazole rings is 1. The second-order valence-corrected chi connectivity index (χ2v) is 4.97. The second-order valence-electron chi connectivity index (χ2n) is 4.61. The highest BCUT2D eigenvalue weighted by Crippen LogP contribution is 2.19. The smallest absolute Gasteiger partial charge is 0.205 e. The van der Waals surface area contributed by atoms with Gasteiger partial charge in [-0.15, -0.1) is 0 Å². The molecule has 0 amide bonds. The molecular weight excluding hydrogens is 298 g/mol. The minimum atomic E-state index is -0.244.